The SMILES string of the molecule is CSc1ccccc1NC(=O)CN(C)C(=O)c1ccccc1N(C)c1ccccc1. The molecule has 3 rings (SSSR count). The van der Waals surface area contributed by atoms with Crippen molar-refractivity contribution >= 4 is 40.6 Å². The highest BCUT2D eigenvalue weighted by molar-refractivity contribution is 7.98. The van der Waals surface area contributed by atoms with Crippen LogP contribution in [0.4, 0.5) is 17.1 Å². The Bertz CT molecular complexity index is 1020. The second-order valence-electron chi connectivity index (χ2n) is 6.82. The van der Waals surface area contributed by atoms with Gasteiger partial charge in [0.15, 0.2) is 0 Å². The first-order valence-electron chi connectivity index (χ1n) is 9.57. The Kier molecular flexibility index (Phi) is 7.14. The van der Waals surface area contributed by atoms with Gasteiger partial charge in [-0.1, -0.05) is 42.5 Å². The zero-order valence-corrected chi connectivity index (χ0v) is 18.1. The van der Waals surface area contributed by atoms with Crippen LogP contribution in [0.2, 0.25) is 0 Å². The molecule has 0 saturated heterocycles. The molecule has 0 saturated carbocycles. The Morgan fingerprint density at radius 2 is 1.50 bits per heavy atom. The van der Waals surface area contributed by atoms with Crippen LogP contribution in [0, 0.1) is 0 Å². The van der Waals surface area contributed by atoms with Crippen molar-refractivity contribution in [2.24, 2.45) is 0 Å². The van der Waals surface area contributed by atoms with E-state index in [4.69, 9.17) is 0 Å². The lowest BCUT2D eigenvalue weighted by molar-refractivity contribution is -0.116. The van der Waals surface area contributed by atoms with E-state index in [1.54, 1.807) is 24.9 Å². The number of likely N-dealkylation sites (N-methyl/N-ethyl adjacent to an activating group) is 1. The largest absolute Gasteiger partial charge is 0.344 e. The summed E-state index contributed by atoms with van der Waals surface area (Å²) in [6.45, 7) is -0.0368. The summed E-state index contributed by atoms with van der Waals surface area (Å²) in [6, 6.07) is 24.9. The first-order valence-corrected chi connectivity index (χ1v) is 10.8. The number of carbonyl (C=O) groups excluding carboxylic acids is 2. The van der Waals surface area contributed by atoms with Crippen molar-refractivity contribution < 1.29 is 9.59 Å². The minimum absolute atomic E-state index is 0.0368. The van der Waals surface area contributed by atoms with Crippen LogP contribution in [0.1, 0.15) is 10.4 Å². The van der Waals surface area contributed by atoms with Gasteiger partial charge in [-0.3, -0.25) is 9.59 Å². The highest BCUT2D eigenvalue weighted by Crippen LogP contribution is 2.28. The van der Waals surface area contributed by atoms with E-state index in [9.17, 15) is 9.59 Å². The van der Waals surface area contributed by atoms with Crippen molar-refractivity contribution in [3.05, 3.63) is 84.4 Å². The number of thioether (sulfide) groups is 1. The second-order valence-corrected chi connectivity index (χ2v) is 7.67. The number of benzene rings is 3. The smallest absolute Gasteiger partial charge is 0.256 e. The molecule has 0 fully saturated rings. The highest BCUT2D eigenvalue weighted by atomic mass is 32.2. The van der Waals surface area contributed by atoms with E-state index in [2.05, 4.69) is 5.32 Å². The molecule has 1 N–H and O–H groups in total. The third-order valence-corrected chi connectivity index (χ3v) is 5.54. The normalized spacial score (nSPS) is 10.4. The summed E-state index contributed by atoms with van der Waals surface area (Å²) in [4.78, 5) is 30.1. The van der Waals surface area contributed by atoms with Gasteiger partial charge in [-0.05, 0) is 42.7 Å². The topological polar surface area (TPSA) is 52.7 Å². The number of carbonyl (C=O) groups is 2. The molecule has 0 aliphatic carbocycles. The summed E-state index contributed by atoms with van der Waals surface area (Å²) in [5.74, 6) is -0.442. The van der Waals surface area contributed by atoms with E-state index >= 15 is 0 Å². The van der Waals surface area contributed by atoms with Gasteiger partial charge in [0.2, 0.25) is 5.91 Å². The zero-order chi connectivity index (χ0) is 21.5. The van der Waals surface area contributed by atoms with E-state index in [0.29, 0.717) is 5.56 Å². The van der Waals surface area contributed by atoms with Crippen LogP contribution in [0.25, 0.3) is 0 Å². The number of rotatable bonds is 7. The van der Waals surface area contributed by atoms with Crippen molar-refractivity contribution in [3.63, 3.8) is 0 Å². The molecular formula is C24H25N3O2S. The molecule has 0 unspecified atom stereocenters. The van der Waals surface area contributed by atoms with Gasteiger partial charge in [-0.2, -0.15) is 0 Å². The van der Waals surface area contributed by atoms with Gasteiger partial charge in [-0.25, -0.2) is 0 Å². The molecule has 3 aromatic rings. The molecular weight excluding hydrogens is 394 g/mol. The number of para-hydroxylation sites is 3. The molecule has 6 heteroatoms. The Hall–Kier alpha value is -3.25. The van der Waals surface area contributed by atoms with Gasteiger partial charge in [0.1, 0.15) is 0 Å². The van der Waals surface area contributed by atoms with Crippen LogP contribution in [-0.2, 0) is 4.79 Å². The third kappa shape index (κ3) is 5.02. The molecule has 154 valence electrons. The number of amides is 2. The van der Waals surface area contributed by atoms with E-state index in [-0.39, 0.29) is 18.4 Å². The highest BCUT2D eigenvalue weighted by Gasteiger charge is 2.20. The molecule has 0 aliphatic rings. The predicted molar refractivity (Wildman–Crippen MR) is 125 cm³/mol. The van der Waals surface area contributed by atoms with Crippen LogP contribution in [0.15, 0.2) is 83.8 Å². The molecule has 0 radical (unpaired) electrons. The maximum Gasteiger partial charge on any atom is 0.256 e. The predicted octanol–water partition coefficient (Wildman–Crippen LogP) is 4.89. The lowest BCUT2D eigenvalue weighted by Crippen LogP contribution is -2.35. The lowest BCUT2D eigenvalue weighted by Gasteiger charge is -2.24. The van der Waals surface area contributed by atoms with E-state index in [1.807, 2.05) is 91.0 Å². The van der Waals surface area contributed by atoms with Crippen LogP contribution in [0.5, 0.6) is 0 Å². The van der Waals surface area contributed by atoms with Crippen molar-refractivity contribution in [2.45, 2.75) is 4.90 Å². The van der Waals surface area contributed by atoms with Crippen LogP contribution >= 0.6 is 11.8 Å². The van der Waals surface area contributed by atoms with Gasteiger partial charge in [0.25, 0.3) is 5.91 Å². The summed E-state index contributed by atoms with van der Waals surface area (Å²) in [6.07, 6.45) is 1.96. The summed E-state index contributed by atoms with van der Waals surface area (Å²) in [7, 11) is 3.56. The third-order valence-electron chi connectivity index (χ3n) is 4.75. The lowest BCUT2D eigenvalue weighted by atomic mass is 10.1. The van der Waals surface area contributed by atoms with E-state index < -0.39 is 0 Å². The summed E-state index contributed by atoms with van der Waals surface area (Å²) >= 11 is 1.56. The van der Waals surface area contributed by atoms with Crippen molar-refractivity contribution in [3.8, 4) is 0 Å². The van der Waals surface area contributed by atoms with Crippen LogP contribution < -0.4 is 10.2 Å². The molecule has 5 nitrogen and oxygen atoms in total. The Balaban J connectivity index is 1.74. The fourth-order valence-electron chi connectivity index (χ4n) is 3.17. The van der Waals surface area contributed by atoms with Gasteiger partial charge in [0, 0.05) is 24.7 Å². The van der Waals surface area contributed by atoms with Crippen molar-refractivity contribution in [2.75, 3.05) is 37.1 Å². The fourth-order valence-corrected chi connectivity index (χ4v) is 3.72. The zero-order valence-electron chi connectivity index (χ0n) is 17.3. The molecule has 3 aromatic carbocycles. The quantitative estimate of drug-likeness (QED) is 0.554. The number of hydrogen-bond acceptors (Lipinski definition) is 4. The van der Waals surface area contributed by atoms with E-state index in [1.165, 1.54) is 4.90 Å². The summed E-state index contributed by atoms with van der Waals surface area (Å²) < 4.78 is 0. The van der Waals surface area contributed by atoms with Crippen LogP contribution in [0.3, 0.4) is 0 Å². The average molecular weight is 420 g/mol. The molecule has 30 heavy (non-hydrogen) atoms. The number of anilines is 3. The molecule has 0 bridgehead atoms. The standard InChI is InChI=1S/C24H25N3O2S/c1-26(17-23(28)25-20-14-8-10-16-22(20)30-3)24(29)19-13-7-9-15-21(19)27(2)18-11-5-4-6-12-18/h4-16H,17H2,1-3H3,(H,25,28). The molecule has 0 spiro atoms. The fraction of sp³-hybridized carbons (Fsp3) is 0.167. The Labute approximate surface area is 181 Å². The van der Waals surface area contributed by atoms with Gasteiger partial charge >= 0.3 is 0 Å². The second kappa shape index (κ2) is 9.98. The molecule has 0 aliphatic heterocycles. The maximum atomic E-state index is 13.1. The number of nitrogens with zero attached hydrogens (tertiary/aromatic N) is 2. The van der Waals surface area contributed by atoms with Gasteiger partial charge in [0.05, 0.1) is 23.5 Å². The minimum atomic E-state index is -0.235. The molecule has 2 amide bonds. The first kappa shape index (κ1) is 21.5. The van der Waals surface area contributed by atoms with Crippen LogP contribution in [-0.4, -0.2) is 43.6 Å². The molecule has 0 atom stereocenters. The van der Waals surface area contributed by atoms with Gasteiger partial charge < -0.3 is 15.1 Å². The summed E-state index contributed by atoms with van der Waals surface area (Å²) in [5.41, 5.74) is 3.06. The Morgan fingerprint density at radius 1 is 0.867 bits per heavy atom. The number of nitrogens with one attached hydrogen (secondary N) is 1. The first-order chi connectivity index (χ1) is 14.5. The molecule has 0 aromatic heterocycles. The van der Waals surface area contributed by atoms with Crippen molar-refractivity contribution in [1.29, 1.82) is 0 Å². The average Bonchev–Trinajstić information content (AvgIpc) is 2.79. The number of hydrogen-bond donors (Lipinski definition) is 1. The molecule has 0 heterocycles. The monoisotopic (exact) mass is 419 g/mol. The minimum Gasteiger partial charge on any atom is -0.344 e. The van der Waals surface area contributed by atoms with Crippen molar-refractivity contribution in [1.82, 2.24) is 4.90 Å². The summed E-state index contributed by atoms with van der Waals surface area (Å²) in [5, 5.41) is 2.90. The Morgan fingerprint density at radius 3 is 2.23 bits per heavy atom. The van der Waals surface area contributed by atoms with Gasteiger partial charge in [-0.15, -0.1) is 11.8 Å². The van der Waals surface area contributed by atoms with E-state index in [0.717, 1.165) is 22.0 Å². The maximum absolute atomic E-state index is 13.1.